The van der Waals surface area contributed by atoms with Crippen LogP contribution in [0, 0.1) is 0 Å². The molecule has 2 unspecified atom stereocenters. The summed E-state index contributed by atoms with van der Waals surface area (Å²) in [5.41, 5.74) is 0. The van der Waals surface area contributed by atoms with Gasteiger partial charge in [-0.25, -0.2) is 0 Å². The van der Waals surface area contributed by atoms with Gasteiger partial charge in [-0.1, -0.05) is 19.4 Å². The number of nitrogens with zero attached hydrogens (tertiary/aromatic N) is 2. The average Bonchev–Trinajstić information content (AvgIpc) is 2.97. The van der Waals surface area contributed by atoms with E-state index in [0.717, 1.165) is 12.1 Å². The maximum atomic E-state index is 2.77. The lowest BCUT2D eigenvalue weighted by molar-refractivity contribution is 0.00836. The van der Waals surface area contributed by atoms with Crippen LogP contribution in [0.3, 0.4) is 0 Å². The van der Waals surface area contributed by atoms with Crippen molar-refractivity contribution < 1.29 is 0 Å². The van der Waals surface area contributed by atoms with E-state index < -0.39 is 0 Å². The molecule has 2 nitrogen and oxygen atoms in total. The summed E-state index contributed by atoms with van der Waals surface area (Å²) in [5.74, 6) is 0. The van der Waals surface area contributed by atoms with E-state index in [1.54, 1.807) is 4.88 Å². The second kappa shape index (κ2) is 6.38. The van der Waals surface area contributed by atoms with Gasteiger partial charge >= 0.3 is 0 Å². The summed E-state index contributed by atoms with van der Waals surface area (Å²) in [4.78, 5) is 7.08. The Morgan fingerprint density at radius 3 is 3.05 bits per heavy atom. The van der Waals surface area contributed by atoms with Crippen molar-refractivity contribution in [3.63, 3.8) is 0 Å². The maximum Gasteiger partial charge on any atom is 0.0223 e. The molecule has 0 spiro atoms. The van der Waals surface area contributed by atoms with Crippen LogP contribution in [-0.4, -0.2) is 48.1 Å². The third-order valence-corrected chi connectivity index (χ3v) is 5.79. The van der Waals surface area contributed by atoms with E-state index >= 15 is 0 Å². The highest BCUT2D eigenvalue weighted by molar-refractivity contribution is 7.09. The Kier molecular flexibility index (Phi) is 4.57. The molecule has 3 rings (SSSR count). The highest BCUT2D eigenvalue weighted by Gasteiger charge is 2.33. The third-order valence-electron chi connectivity index (χ3n) is 4.85. The minimum atomic E-state index is 0.786. The summed E-state index contributed by atoms with van der Waals surface area (Å²) in [6.45, 7) is 7.58. The summed E-state index contributed by atoms with van der Waals surface area (Å²) >= 11 is 1.91. The van der Waals surface area contributed by atoms with Crippen molar-refractivity contribution in [2.75, 3.05) is 26.2 Å². The first-order valence-corrected chi connectivity index (χ1v) is 8.75. The molecule has 0 aliphatic carbocycles. The molecule has 106 valence electrons. The summed E-state index contributed by atoms with van der Waals surface area (Å²) < 4.78 is 0. The molecule has 2 atom stereocenters. The smallest absolute Gasteiger partial charge is 0.0223 e. The highest BCUT2D eigenvalue weighted by atomic mass is 32.1. The quantitative estimate of drug-likeness (QED) is 0.834. The van der Waals surface area contributed by atoms with Crippen LogP contribution >= 0.6 is 11.3 Å². The van der Waals surface area contributed by atoms with Crippen LogP contribution in [0.5, 0.6) is 0 Å². The number of hydrogen-bond donors (Lipinski definition) is 0. The molecule has 2 fully saturated rings. The van der Waals surface area contributed by atoms with Gasteiger partial charge in [0, 0.05) is 36.6 Å². The Hall–Kier alpha value is -0.380. The number of hydrogen-bond acceptors (Lipinski definition) is 3. The van der Waals surface area contributed by atoms with E-state index in [9.17, 15) is 0 Å². The zero-order valence-electron chi connectivity index (χ0n) is 12.1. The van der Waals surface area contributed by atoms with Crippen LogP contribution in [0.2, 0.25) is 0 Å². The fourth-order valence-electron chi connectivity index (χ4n) is 3.68. The molecule has 19 heavy (non-hydrogen) atoms. The molecule has 0 amide bonds. The van der Waals surface area contributed by atoms with Gasteiger partial charge in [-0.3, -0.25) is 9.80 Å². The third kappa shape index (κ3) is 3.21. The van der Waals surface area contributed by atoms with Crippen LogP contribution in [0.4, 0.5) is 0 Å². The number of piperazine rings is 1. The van der Waals surface area contributed by atoms with E-state index in [-0.39, 0.29) is 0 Å². The van der Waals surface area contributed by atoms with Gasteiger partial charge in [0.2, 0.25) is 0 Å². The standard InChI is InChI=1S/C16H26N2S/c1-2-14-12-17-9-4-3-6-15(17)13-18(14)10-8-16-7-5-11-19-16/h5,7,11,14-15H,2-4,6,8-10,12-13H2,1H3. The fourth-order valence-corrected chi connectivity index (χ4v) is 4.38. The molecule has 2 saturated heterocycles. The van der Waals surface area contributed by atoms with Gasteiger partial charge in [-0.15, -0.1) is 11.3 Å². The van der Waals surface area contributed by atoms with E-state index in [0.29, 0.717) is 0 Å². The summed E-state index contributed by atoms with van der Waals surface area (Å²) in [7, 11) is 0. The van der Waals surface area contributed by atoms with Crippen LogP contribution in [0.1, 0.15) is 37.5 Å². The molecule has 2 aliphatic rings. The van der Waals surface area contributed by atoms with E-state index in [1.807, 2.05) is 11.3 Å². The predicted octanol–water partition coefficient (Wildman–Crippen LogP) is 3.24. The van der Waals surface area contributed by atoms with Gasteiger partial charge in [0.1, 0.15) is 0 Å². The topological polar surface area (TPSA) is 6.48 Å². The molecule has 2 aliphatic heterocycles. The Morgan fingerprint density at radius 2 is 2.26 bits per heavy atom. The minimum Gasteiger partial charge on any atom is -0.298 e. The first kappa shape index (κ1) is 13.6. The SMILES string of the molecule is CCC1CN2CCCCC2CN1CCc1cccs1. The van der Waals surface area contributed by atoms with Gasteiger partial charge < -0.3 is 0 Å². The molecule has 0 saturated carbocycles. The lowest BCUT2D eigenvalue weighted by atomic mass is 9.95. The van der Waals surface area contributed by atoms with Crippen molar-refractivity contribution in [1.82, 2.24) is 9.80 Å². The number of piperidine rings is 1. The van der Waals surface area contributed by atoms with Crippen molar-refractivity contribution in [3.8, 4) is 0 Å². The van der Waals surface area contributed by atoms with Crippen molar-refractivity contribution in [3.05, 3.63) is 22.4 Å². The number of fused-ring (bicyclic) bond motifs is 1. The molecule has 1 aromatic rings. The number of rotatable bonds is 4. The summed E-state index contributed by atoms with van der Waals surface area (Å²) in [5, 5.41) is 2.20. The van der Waals surface area contributed by atoms with Gasteiger partial charge in [0.25, 0.3) is 0 Å². The number of thiophene rings is 1. The molecule has 3 heterocycles. The van der Waals surface area contributed by atoms with Crippen LogP contribution in [0.15, 0.2) is 17.5 Å². The van der Waals surface area contributed by atoms with Crippen molar-refractivity contribution >= 4 is 11.3 Å². The molecule has 0 aromatic carbocycles. The van der Waals surface area contributed by atoms with Gasteiger partial charge in [0.05, 0.1) is 0 Å². The highest BCUT2D eigenvalue weighted by Crippen LogP contribution is 2.25. The van der Waals surface area contributed by atoms with E-state index in [4.69, 9.17) is 0 Å². The first-order chi connectivity index (χ1) is 9.36. The Labute approximate surface area is 121 Å². The van der Waals surface area contributed by atoms with Gasteiger partial charge in [0.15, 0.2) is 0 Å². The molecule has 0 radical (unpaired) electrons. The molecule has 3 heteroatoms. The summed E-state index contributed by atoms with van der Waals surface area (Å²) in [6, 6.07) is 6.09. The van der Waals surface area contributed by atoms with E-state index in [1.165, 1.54) is 58.3 Å². The second-order valence-corrected chi connectivity index (χ2v) is 7.06. The predicted molar refractivity (Wildman–Crippen MR) is 82.9 cm³/mol. The monoisotopic (exact) mass is 278 g/mol. The van der Waals surface area contributed by atoms with Gasteiger partial charge in [-0.2, -0.15) is 0 Å². The molecular weight excluding hydrogens is 252 g/mol. The minimum absolute atomic E-state index is 0.786. The first-order valence-electron chi connectivity index (χ1n) is 7.87. The zero-order valence-corrected chi connectivity index (χ0v) is 12.9. The van der Waals surface area contributed by atoms with Crippen LogP contribution in [-0.2, 0) is 6.42 Å². The van der Waals surface area contributed by atoms with Crippen LogP contribution < -0.4 is 0 Å². The van der Waals surface area contributed by atoms with E-state index in [2.05, 4.69) is 34.2 Å². The maximum absolute atomic E-state index is 2.77. The Bertz CT molecular complexity index is 376. The van der Waals surface area contributed by atoms with Crippen molar-refractivity contribution in [2.45, 2.75) is 51.1 Å². The zero-order chi connectivity index (χ0) is 13.1. The lowest BCUT2D eigenvalue weighted by Crippen LogP contribution is -2.59. The van der Waals surface area contributed by atoms with Crippen LogP contribution in [0.25, 0.3) is 0 Å². The van der Waals surface area contributed by atoms with Crippen molar-refractivity contribution in [1.29, 1.82) is 0 Å². The summed E-state index contributed by atoms with van der Waals surface area (Å²) in [6.07, 6.45) is 6.82. The molecular formula is C16H26N2S. The normalized spacial score (nSPS) is 29.3. The van der Waals surface area contributed by atoms with Crippen molar-refractivity contribution in [2.24, 2.45) is 0 Å². The Morgan fingerprint density at radius 1 is 1.32 bits per heavy atom. The largest absolute Gasteiger partial charge is 0.298 e. The second-order valence-electron chi connectivity index (χ2n) is 6.03. The molecule has 0 bridgehead atoms. The van der Waals surface area contributed by atoms with Gasteiger partial charge in [-0.05, 0) is 43.7 Å². The Balaban J connectivity index is 1.59. The average molecular weight is 278 g/mol. The molecule has 1 aromatic heterocycles. The lowest BCUT2D eigenvalue weighted by Gasteiger charge is -2.48. The molecule has 0 N–H and O–H groups in total. The fraction of sp³-hybridized carbons (Fsp3) is 0.750.